The predicted octanol–water partition coefficient (Wildman–Crippen LogP) is 4.64. The topological polar surface area (TPSA) is 79.4 Å². The van der Waals surface area contributed by atoms with E-state index in [1.54, 1.807) is 12.1 Å². The first-order valence-electron chi connectivity index (χ1n) is 8.52. The molecule has 3 aromatic rings. The summed E-state index contributed by atoms with van der Waals surface area (Å²) in [4.78, 5) is 17.0. The molecule has 1 amide bonds. The van der Waals surface area contributed by atoms with Gasteiger partial charge in [0.25, 0.3) is 5.91 Å². The maximum Gasteiger partial charge on any atom is 0.257 e. The molecule has 10 heteroatoms. The highest BCUT2D eigenvalue weighted by Gasteiger charge is 2.27. The zero-order valence-electron chi connectivity index (χ0n) is 14.5. The fourth-order valence-corrected chi connectivity index (χ4v) is 5.82. The lowest BCUT2D eigenvalue weighted by Gasteiger charge is -2.15. The van der Waals surface area contributed by atoms with E-state index in [1.165, 1.54) is 39.9 Å². The molecule has 1 aliphatic rings. The average molecular weight is 456 g/mol. The summed E-state index contributed by atoms with van der Waals surface area (Å²) in [6.45, 7) is 1.07. The van der Waals surface area contributed by atoms with Crippen molar-refractivity contribution in [1.82, 2.24) is 9.29 Å². The molecule has 1 fully saturated rings. The Labute approximate surface area is 176 Å². The number of thiazole rings is 1. The Bertz CT molecular complexity index is 1150. The number of benzene rings is 2. The molecule has 0 unspecified atom stereocenters. The Kier molecular flexibility index (Phi) is 5.32. The molecule has 4 rings (SSSR count). The van der Waals surface area contributed by atoms with Gasteiger partial charge in [0, 0.05) is 18.7 Å². The smallest absolute Gasteiger partial charge is 0.257 e. The number of anilines is 1. The van der Waals surface area contributed by atoms with Crippen LogP contribution in [0.25, 0.3) is 10.2 Å². The van der Waals surface area contributed by atoms with Crippen molar-refractivity contribution in [3.05, 3.63) is 52.0 Å². The maximum atomic E-state index is 12.6. The van der Waals surface area contributed by atoms with Crippen LogP contribution in [0, 0.1) is 0 Å². The van der Waals surface area contributed by atoms with Crippen LogP contribution in [0.2, 0.25) is 10.0 Å². The Balaban J connectivity index is 1.53. The number of nitrogens with one attached hydrogen (secondary N) is 1. The number of hydrogen-bond donors (Lipinski definition) is 1. The minimum Gasteiger partial charge on any atom is -0.298 e. The molecule has 0 spiro atoms. The molecule has 1 aliphatic heterocycles. The third-order valence-corrected chi connectivity index (χ3v) is 8.13. The van der Waals surface area contributed by atoms with Crippen LogP contribution in [0.1, 0.15) is 23.2 Å². The van der Waals surface area contributed by atoms with E-state index in [2.05, 4.69) is 10.3 Å². The van der Waals surface area contributed by atoms with Crippen LogP contribution >= 0.6 is 34.5 Å². The molecule has 0 radical (unpaired) electrons. The average Bonchev–Trinajstić information content (AvgIpc) is 3.35. The van der Waals surface area contributed by atoms with Crippen LogP contribution < -0.4 is 5.32 Å². The lowest BCUT2D eigenvalue weighted by Crippen LogP contribution is -2.27. The van der Waals surface area contributed by atoms with Crippen molar-refractivity contribution in [3.8, 4) is 0 Å². The van der Waals surface area contributed by atoms with Gasteiger partial charge in [-0.3, -0.25) is 10.1 Å². The van der Waals surface area contributed by atoms with Crippen molar-refractivity contribution in [2.75, 3.05) is 18.4 Å². The summed E-state index contributed by atoms with van der Waals surface area (Å²) >= 11 is 13.4. The number of aromatic nitrogens is 1. The molecule has 0 saturated carbocycles. The molecule has 2 heterocycles. The lowest BCUT2D eigenvalue weighted by atomic mass is 10.2. The molecule has 0 atom stereocenters. The number of fused-ring (bicyclic) bond motifs is 1. The fourth-order valence-electron chi connectivity index (χ4n) is 3.02. The van der Waals surface area contributed by atoms with Crippen LogP contribution in [0.3, 0.4) is 0 Å². The van der Waals surface area contributed by atoms with E-state index >= 15 is 0 Å². The number of amides is 1. The normalized spacial score (nSPS) is 15.2. The molecular weight excluding hydrogens is 441 g/mol. The van der Waals surface area contributed by atoms with Crippen LogP contribution in [-0.2, 0) is 10.0 Å². The summed E-state index contributed by atoms with van der Waals surface area (Å²) in [7, 11) is -3.50. The second-order valence-corrected chi connectivity index (χ2v) is 10.1. The number of hydrogen-bond acceptors (Lipinski definition) is 5. The molecule has 1 aromatic heterocycles. The van der Waals surface area contributed by atoms with E-state index in [-0.39, 0.29) is 10.8 Å². The fraction of sp³-hybridized carbons (Fsp3) is 0.222. The van der Waals surface area contributed by atoms with Crippen molar-refractivity contribution < 1.29 is 13.2 Å². The number of carbonyl (C=O) groups excluding carboxylic acids is 1. The van der Waals surface area contributed by atoms with Crippen molar-refractivity contribution >= 4 is 65.8 Å². The van der Waals surface area contributed by atoms with E-state index in [1.807, 2.05) is 0 Å². The van der Waals surface area contributed by atoms with E-state index in [0.29, 0.717) is 39.3 Å². The van der Waals surface area contributed by atoms with Gasteiger partial charge in [-0.15, -0.1) is 0 Å². The standard InChI is InChI=1S/C18H15Cl2N3O3S2/c19-13-7-8-14-16(15(13)20)21-18(27-14)22-17(24)11-3-5-12(6-4-11)28(25,26)23-9-1-2-10-23/h3-8H,1-2,9-10H2,(H,21,22,24). The Morgan fingerprint density at radius 3 is 2.43 bits per heavy atom. The summed E-state index contributed by atoms with van der Waals surface area (Å²) < 4.78 is 27.4. The van der Waals surface area contributed by atoms with Gasteiger partial charge in [-0.25, -0.2) is 13.4 Å². The third kappa shape index (κ3) is 3.62. The molecule has 1 N–H and O–H groups in total. The number of nitrogens with zero attached hydrogens (tertiary/aromatic N) is 2. The van der Waals surface area contributed by atoms with E-state index < -0.39 is 10.0 Å². The summed E-state index contributed by atoms with van der Waals surface area (Å²) in [6, 6.07) is 9.37. The highest BCUT2D eigenvalue weighted by atomic mass is 35.5. The van der Waals surface area contributed by atoms with Crippen molar-refractivity contribution in [3.63, 3.8) is 0 Å². The van der Waals surface area contributed by atoms with Gasteiger partial charge in [0.2, 0.25) is 10.0 Å². The largest absolute Gasteiger partial charge is 0.298 e. The Morgan fingerprint density at radius 1 is 1.07 bits per heavy atom. The lowest BCUT2D eigenvalue weighted by molar-refractivity contribution is 0.102. The molecule has 0 aliphatic carbocycles. The van der Waals surface area contributed by atoms with Crippen molar-refractivity contribution in [2.24, 2.45) is 0 Å². The van der Waals surface area contributed by atoms with Crippen molar-refractivity contribution in [1.29, 1.82) is 0 Å². The second-order valence-electron chi connectivity index (χ2n) is 6.32. The Morgan fingerprint density at radius 2 is 1.75 bits per heavy atom. The van der Waals surface area contributed by atoms with Crippen LogP contribution in [0.15, 0.2) is 41.3 Å². The van der Waals surface area contributed by atoms with Gasteiger partial charge in [0.1, 0.15) is 5.52 Å². The first-order chi connectivity index (χ1) is 13.4. The van der Waals surface area contributed by atoms with E-state index in [9.17, 15) is 13.2 Å². The predicted molar refractivity (Wildman–Crippen MR) is 112 cm³/mol. The number of carbonyl (C=O) groups is 1. The zero-order valence-corrected chi connectivity index (χ0v) is 17.6. The highest BCUT2D eigenvalue weighted by molar-refractivity contribution is 7.89. The Hall–Kier alpha value is -1.71. The molecular formula is C18H15Cl2N3O3S2. The summed E-state index contributed by atoms with van der Waals surface area (Å²) in [5, 5.41) is 3.84. The van der Waals surface area contributed by atoms with Crippen LogP contribution in [-0.4, -0.2) is 36.7 Å². The monoisotopic (exact) mass is 455 g/mol. The van der Waals surface area contributed by atoms with Crippen molar-refractivity contribution in [2.45, 2.75) is 17.7 Å². The molecule has 1 saturated heterocycles. The van der Waals surface area contributed by atoms with Gasteiger partial charge in [-0.05, 0) is 49.2 Å². The number of rotatable bonds is 4. The second kappa shape index (κ2) is 7.61. The SMILES string of the molecule is O=C(Nc1nc2c(Cl)c(Cl)ccc2s1)c1ccc(S(=O)(=O)N2CCCC2)cc1. The van der Waals surface area contributed by atoms with Crippen LogP contribution in [0.4, 0.5) is 5.13 Å². The minimum atomic E-state index is -3.50. The highest BCUT2D eigenvalue weighted by Crippen LogP contribution is 2.35. The zero-order chi connectivity index (χ0) is 19.9. The number of halogens is 2. The summed E-state index contributed by atoms with van der Waals surface area (Å²) in [5.74, 6) is -0.383. The summed E-state index contributed by atoms with van der Waals surface area (Å²) in [5.41, 5.74) is 0.866. The molecule has 28 heavy (non-hydrogen) atoms. The van der Waals surface area contributed by atoms with E-state index in [0.717, 1.165) is 17.5 Å². The number of sulfonamides is 1. The molecule has 146 valence electrons. The maximum absolute atomic E-state index is 12.6. The summed E-state index contributed by atoms with van der Waals surface area (Å²) in [6.07, 6.45) is 1.74. The van der Waals surface area contributed by atoms with Gasteiger partial charge in [0.05, 0.1) is 19.6 Å². The van der Waals surface area contributed by atoms with Gasteiger partial charge in [-0.2, -0.15) is 4.31 Å². The minimum absolute atomic E-state index is 0.187. The van der Waals surface area contributed by atoms with Gasteiger partial charge in [0.15, 0.2) is 5.13 Å². The molecule has 0 bridgehead atoms. The first-order valence-corrected chi connectivity index (χ1v) is 11.5. The van der Waals surface area contributed by atoms with Gasteiger partial charge >= 0.3 is 0 Å². The molecule has 6 nitrogen and oxygen atoms in total. The van der Waals surface area contributed by atoms with Gasteiger partial charge < -0.3 is 0 Å². The molecule has 2 aromatic carbocycles. The quantitative estimate of drug-likeness (QED) is 0.621. The third-order valence-electron chi connectivity index (χ3n) is 4.49. The van der Waals surface area contributed by atoms with Crippen LogP contribution in [0.5, 0.6) is 0 Å². The first kappa shape index (κ1) is 19.6. The van der Waals surface area contributed by atoms with Gasteiger partial charge in [-0.1, -0.05) is 34.5 Å². The van der Waals surface area contributed by atoms with E-state index in [4.69, 9.17) is 23.2 Å².